The molecule has 0 aromatic heterocycles. The number of fused-ring (bicyclic) bond motifs is 1. The summed E-state index contributed by atoms with van der Waals surface area (Å²) in [5, 5.41) is 12.4. The van der Waals surface area contributed by atoms with Gasteiger partial charge in [-0.1, -0.05) is 6.42 Å². The van der Waals surface area contributed by atoms with Crippen LogP contribution in [-0.2, 0) is 9.53 Å². The second-order valence-electron chi connectivity index (χ2n) is 6.68. The highest BCUT2D eigenvalue weighted by Crippen LogP contribution is 2.41. The molecule has 23 heavy (non-hydrogen) atoms. The van der Waals surface area contributed by atoms with Gasteiger partial charge >= 0.3 is 6.09 Å². The summed E-state index contributed by atoms with van der Waals surface area (Å²) < 4.78 is 4.88. The third-order valence-electron chi connectivity index (χ3n) is 5.48. The number of nitrogens with one attached hydrogen (secondary N) is 1. The van der Waals surface area contributed by atoms with Gasteiger partial charge in [0.25, 0.3) is 0 Å². The lowest BCUT2D eigenvalue weighted by Crippen LogP contribution is -2.51. The summed E-state index contributed by atoms with van der Waals surface area (Å²) in [4.78, 5) is 27.7. The molecule has 7 heteroatoms. The van der Waals surface area contributed by atoms with E-state index in [-0.39, 0.29) is 30.8 Å². The first kappa shape index (κ1) is 16.1. The molecule has 126 valence electrons. The third-order valence-corrected chi connectivity index (χ3v) is 5.48. The van der Waals surface area contributed by atoms with E-state index in [9.17, 15) is 9.59 Å². The summed E-state index contributed by atoms with van der Waals surface area (Å²) in [7, 11) is 1.39. The first-order chi connectivity index (χ1) is 11.2. The Bertz CT molecular complexity index is 518. The number of nitriles is 1. The van der Waals surface area contributed by atoms with Gasteiger partial charge in [-0.2, -0.15) is 5.26 Å². The number of hydrogen-bond donors (Lipinski definition) is 1. The predicted molar refractivity (Wildman–Crippen MR) is 82.1 cm³/mol. The number of carbonyl (C=O) groups is 2. The Morgan fingerprint density at radius 1 is 1.26 bits per heavy atom. The molecule has 0 radical (unpaired) electrons. The van der Waals surface area contributed by atoms with Crippen LogP contribution < -0.4 is 5.32 Å². The van der Waals surface area contributed by atoms with E-state index in [1.54, 1.807) is 9.80 Å². The van der Waals surface area contributed by atoms with Crippen molar-refractivity contribution in [3.05, 3.63) is 0 Å². The van der Waals surface area contributed by atoms with Crippen LogP contribution in [0.1, 0.15) is 32.1 Å². The summed E-state index contributed by atoms with van der Waals surface area (Å²) in [6.45, 7) is 1.52. The number of methoxy groups -OCH3 is 1. The summed E-state index contributed by atoms with van der Waals surface area (Å²) in [5.41, 5.74) is 0. The van der Waals surface area contributed by atoms with Crippen LogP contribution in [0.2, 0.25) is 0 Å². The van der Waals surface area contributed by atoms with Crippen LogP contribution in [0, 0.1) is 23.2 Å². The maximum Gasteiger partial charge on any atom is 0.410 e. The van der Waals surface area contributed by atoms with E-state index in [4.69, 9.17) is 10.00 Å². The van der Waals surface area contributed by atoms with Crippen LogP contribution in [0.3, 0.4) is 0 Å². The molecule has 2 saturated heterocycles. The van der Waals surface area contributed by atoms with Crippen LogP contribution >= 0.6 is 0 Å². The largest absolute Gasteiger partial charge is 0.453 e. The Balaban J connectivity index is 1.62. The summed E-state index contributed by atoms with van der Waals surface area (Å²) in [6.07, 6.45) is 4.56. The van der Waals surface area contributed by atoms with Gasteiger partial charge in [0.05, 0.1) is 25.9 Å². The van der Waals surface area contributed by atoms with E-state index in [1.165, 1.54) is 13.5 Å². The van der Waals surface area contributed by atoms with Crippen LogP contribution in [-0.4, -0.2) is 60.8 Å². The third kappa shape index (κ3) is 3.00. The van der Waals surface area contributed by atoms with Gasteiger partial charge in [-0.25, -0.2) is 4.79 Å². The highest BCUT2D eigenvalue weighted by Gasteiger charge is 2.46. The minimum Gasteiger partial charge on any atom is -0.453 e. The van der Waals surface area contributed by atoms with Crippen LogP contribution in [0.15, 0.2) is 0 Å². The quantitative estimate of drug-likeness (QED) is 0.835. The average molecular weight is 320 g/mol. The topological polar surface area (TPSA) is 85.7 Å². The fourth-order valence-corrected chi connectivity index (χ4v) is 4.36. The molecule has 1 N–H and O–H groups in total. The average Bonchev–Trinajstić information content (AvgIpc) is 3.26. The number of likely N-dealkylation sites (tertiary alicyclic amines) is 2. The van der Waals surface area contributed by atoms with Crippen molar-refractivity contribution in [2.75, 3.05) is 26.7 Å². The van der Waals surface area contributed by atoms with Crippen molar-refractivity contribution in [3.63, 3.8) is 0 Å². The van der Waals surface area contributed by atoms with Gasteiger partial charge in [-0.3, -0.25) is 15.0 Å². The molecular weight excluding hydrogens is 296 g/mol. The standard InChI is InChI=1S/C16H24N4O3/c1-23-16(22)20-10-11-4-2-6-13(11)15(20)18-9-14(21)19-7-3-5-12(19)8-17/h11-13,15,18H,2-7,9-10H2,1H3. The second kappa shape index (κ2) is 6.75. The molecule has 2 amide bonds. The highest BCUT2D eigenvalue weighted by molar-refractivity contribution is 5.79. The Labute approximate surface area is 136 Å². The zero-order chi connectivity index (χ0) is 16.4. The van der Waals surface area contributed by atoms with E-state index in [2.05, 4.69) is 11.4 Å². The van der Waals surface area contributed by atoms with Gasteiger partial charge < -0.3 is 9.64 Å². The maximum absolute atomic E-state index is 12.4. The molecule has 2 heterocycles. The number of hydrogen-bond acceptors (Lipinski definition) is 5. The normalized spacial score (nSPS) is 32.7. The number of rotatable bonds is 3. The van der Waals surface area contributed by atoms with E-state index in [0.717, 1.165) is 25.7 Å². The van der Waals surface area contributed by atoms with E-state index < -0.39 is 0 Å². The summed E-state index contributed by atoms with van der Waals surface area (Å²) >= 11 is 0. The van der Waals surface area contributed by atoms with Gasteiger partial charge in [-0.15, -0.1) is 0 Å². The lowest BCUT2D eigenvalue weighted by Gasteiger charge is -2.28. The van der Waals surface area contributed by atoms with Crippen molar-refractivity contribution in [1.82, 2.24) is 15.1 Å². The minimum absolute atomic E-state index is 0.0553. The lowest BCUT2D eigenvalue weighted by molar-refractivity contribution is -0.130. The van der Waals surface area contributed by atoms with Crippen molar-refractivity contribution in [3.8, 4) is 6.07 Å². The molecule has 7 nitrogen and oxygen atoms in total. The van der Waals surface area contributed by atoms with Crippen molar-refractivity contribution in [1.29, 1.82) is 5.26 Å². The molecule has 1 saturated carbocycles. The van der Waals surface area contributed by atoms with Gasteiger partial charge in [0.15, 0.2) is 0 Å². The summed E-state index contributed by atoms with van der Waals surface area (Å²) in [6, 6.07) is 1.89. The second-order valence-corrected chi connectivity index (χ2v) is 6.68. The van der Waals surface area contributed by atoms with Crippen LogP contribution in [0.4, 0.5) is 4.79 Å². The van der Waals surface area contributed by atoms with E-state index in [0.29, 0.717) is 24.9 Å². The van der Waals surface area contributed by atoms with Crippen molar-refractivity contribution in [2.45, 2.75) is 44.3 Å². The number of amides is 2. The van der Waals surface area contributed by atoms with Gasteiger partial charge in [-0.05, 0) is 37.5 Å². The van der Waals surface area contributed by atoms with Crippen molar-refractivity contribution >= 4 is 12.0 Å². The SMILES string of the molecule is COC(=O)N1CC2CCCC2C1NCC(=O)N1CCCC1C#N. The fraction of sp³-hybridized carbons (Fsp3) is 0.812. The molecule has 3 aliphatic rings. The smallest absolute Gasteiger partial charge is 0.410 e. The Kier molecular flexibility index (Phi) is 4.71. The minimum atomic E-state index is -0.333. The molecule has 4 unspecified atom stereocenters. The Hall–Kier alpha value is -1.81. The first-order valence-corrected chi connectivity index (χ1v) is 8.42. The van der Waals surface area contributed by atoms with E-state index in [1.807, 2.05) is 0 Å². The van der Waals surface area contributed by atoms with Gasteiger partial charge in [0, 0.05) is 13.1 Å². The number of carbonyl (C=O) groups excluding carboxylic acids is 2. The van der Waals surface area contributed by atoms with Crippen LogP contribution in [0.25, 0.3) is 0 Å². The van der Waals surface area contributed by atoms with E-state index >= 15 is 0 Å². The monoisotopic (exact) mass is 320 g/mol. The molecule has 1 aliphatic carbocycles. The van der Waals surface area contributed by atoms with Crippen molar-refractivity contribution in [2.24, 2.45) is 11.8 Å². The Morgan fingerprint density at radius 3 is 2.83 bits per heavy atom. The predicted octanol–water partition coefficient (Wildman–Crippen LogP) is 0.915. The molecule has 3 fully saturated rings. The maximum atomic E-state index is 12.4. The summed E-state index contributed by atoms with van der Waals surface area (Å²) in [5.74, 6) is 0.841. The highest BCUT2D eigenvalue weighted by atomic mass is 16.5. The number of nitrogens with zero attached hydrogens (tertiary/aromatic N) is 3. The first-order valence-electron chi connectivity index (χ1n) is 8.42. The zero-order valence-electron chi connectivity index (χ0n) is 13.5. The zero-order valence-corrected chi connectivity index (χ0v) is 13.5. The molecule has 3 rings (SSSR count). The molecular formula is C16H24N4O3. The lowest BCUT2D eigenvalue weighted by atomic mass is 9.98. The molecule has 0 aromatic rings. The molecule has 0 aromatic carbocycles. The fourth-order valence-electron chi connectivity index (χ4n) is 4.36. The Morgan fingerprint density at radius 2 is 2.09 bits per heavy atom. The van der Waals surface area contributed by atoms with Gasteiger partial charge in [0.1, 0.15) is 6.04 Å². The molecule has 2 aliphatic heterocycles. The molecule has 0 spiro atoms. The van der Waals surface area contributed by atoms with Gasteiger partial charge in [0.2, 0.25) is 5.91 Å². The van der Waals surface area contributed by atoms with Crippen LogP contribution in [0.5, 0.6) is 0 Å². The molecule has 0 bridgehead atoms. The van der Waals surface area contributed by atoms with Crippen molar-refractivity contribution < 1.29 is 14.3 Å². The molecule has 4 atom stereocenters. The number of ether oxygens (including phenoxy) is 1.